The van der Waals surface area contributed by atoms with Gasteiger partial charge in [-0.05, 0) is 32.1 Å². The normalized spacial score (nSPS) is 31.1. The van der Waals surface area contributed by atoms with Crippen LogP contribution in [0.3, 0.4) is 0 Å². The summed E-state index contributed by atoms with van der Waals surface area (Å²) in [7, 11) is 0. The van der Waals surface area contributed by atoms with Gasteiger partial charge in [0, 0.05) is 44.8 Å². The molecular weight excluding hydrogens is 294 g/mol. The average molecular weight is 319 g/mol. The second-order valence-corrected chi connectivity index (χ2v) is 7.28. The zero-order valence-electron chi connectivity index (χ0n) is 13.7. The Kier molecular flexibility index (Phi) is 4.11. The van der Waals surface area contributed by atoms with Crippen molar-refractivity contribution >= 4 is 5.91 Å². The molecule has 0 spiro atoms. The fraction of sp³-hybridized carbons (Fsp3) is 0.765. The Morgan fingerprint density at radius 3 is 3.00 bits per heavy atom. The number of carbonyl (C=O) groups excluding carboxylic acids is 1. The lowest BCUT2D eigenvalue weighted by molar-refractivity contribution is -0.131. The van der Waals surface area contributed by atoms with Crippen LogP contribution < -0.4 is 5.32 Å². The molecule has 1 N–H and O–H groups in total. The van der Waals surface area contributed by atoms with E-state index >= 15 is 0 Å². The Hall–Kier alpha value is -1.40. The van der Waals surface area contributed by atoms with Gasteiger partial charge in [0.1, 0.15) is 5.76 Å². The number of hydrogen-bond acceptors (Lipinski definition) is 5. The van der Waals surface area contributed by atoms with Crippen LogP contribution in [0.25, 0.3) is 0 Å². The van der Waals surface area contributed by atoms with Gasteiger partial charge >= 0.3 is 0 Å². The van der Waals surface area contributed by atoms with E-state index in [1.54, 1.807) is 0 Å². The van der Waals surface area contributed by atoms with Gasteiger partial charge in [0.2, 0.25) is 5.91 Å². The number of piperidine rings is 1. The minimum atomic E-state index is 0.0306. The molecule has 1 aromatic heterocycles. The van der Waals surface area contributed by atoms with Crippen LogP contribution >= 0.6 is 0 Å². The standard InChI is InChI=1S/C17H25N3O3/c1-11-6-13(19-23-11)8-20-9-15(14-4-5-22-16(14)10-20)17(21)18-7-12-2-3-12/h6,12,14-16H,2-5,7-10H2,1H3,(H,18,21)/t14-,15-,16+/m1/s1. The predicted molar refractivity (Wildman–Crippen MR) is 83.6 cm³/mol. The summed E-state index contributed by atoms with van der Waals surface area (Å²) in [5, 5.41) is 7.24. The first kappa shape index (κ1) is 15.1. The van der Waals surface area contributed by atoms with Gasteiger partial charge in [0.25, 0.3) is 0 Å². The quantitative estimate of drug-likeness (QED) is 0.887. The number of rotatable bonds is 5. The van der Waals surface area contributed by atoms with Crippen molar-refractivity contribution in [2.75, 3.05) is 26.2 Å². The Morgan fingerprint density at radius 2 is 2.26 bits per heavy atom. The number of amides is 1. The van der Waals surface area contributed by atoms with Gasteiger partial charge in [-0.3, -0.25) is 9.69 Å². The van der Waals surface area contributed by atoms with Gasteiger partial charge in [-0.2, -0.15) is 0 Å². The highest BCUT2D eigenvalue weighted by Gasteiger charge is 2.44. The van der Waals surface area contributed by atoms with Crippen LogP contribution in [0.2, 0.25) is 0 Å². The third kappa shape index (κ3) is 3.43. The SMILES string of the molecule is Cc1cc(CN2C[C@@H]3OCC[C@@H]3[C@H](C(=O)NCC3CC3)C2)no1. The highest BCUT2D eigenvalue weighted by atomic mass is 16.5. The fourth-order valence-electron chi connectivity index (χ4n) is 3.88. The van der Waals surface area contributed by atoms with E-state index in [2.05, 4.69) is 15.4 Å². The van der Waals surface area contributed by atoms with E-state index in [9.17, 15) is 4.79 Å². The molecular formula is C17H25N3O3. The Labute approximate surface area is 136 Å². The number of aromatic nitrogens is 1. The van der Waals surface area contributed by atoms with Crippen molar-refractivity contribution < 1.29 is 14.1 Å². The molecule has 0 radical (unpaired) electrons. The van der Waals surface area contributed by atoms with Crippen LogP contribution in [-0.4, -0.2) is 48.3 Å². The second-order valence-electron chi connectivity index (χ2n) is 7.28. The fourth-order valence-corrected chi connectivity index (χ4v) is 3.88. The third-order valence-electron chi connectivity index (χ3n) is 5.33. The molecule has 2 aliphatic heterocycles. The number of ether oxygens (including phenoxy) is 1. The summed E-state index contributed by atoms with van der Waals surface area (Å²) in [6.07, 6.45) is 3.70. The van der Waals surface area contributed by atoms with Crippen molar-refractivity contribution in [3.63, 3.8) is 0 Å². The molecule has 1 aromatic rings. The van der Waals surface area contributed by atoms with E-state index in [1.165, 1.54) is 12.8 Å². The lowest BCUT2D eigenvalue weighted by Crippen LogP contribution is -2.52. The molecule has 3 aliphatic rings. The smallest absolute Gasteiger partial charge is 0.224 e. The van der Waals surface area contributed by atoms with Crippen LogP contribution in [0.5, 0.6) is 0 Å². The number of nitrogens with one attached hydrogen (secondary N) is 1. The van der Waals surface area contributed by atoms with E-state index in [-0.39, 0.29) is 17.9 Å². The molecule has 0 bridgehead atoms. The van der Waals surface area contributed by atoms with Gasteiger partial charge in [-0.15, -0.1) is 0 Å². The lowest BCUT2D eigenvalue weighted by atomic mass is 9.82. The van der Waals surface area contributed by atoms with Crippen molar-refractivity contribution in [1.29, 1.82) is 0 Å². The van der Waals surface area contributed by atoms with Crippen molar-refractivity contribution in [2.24, 2.45) is 17.8 Å². The molecule has 2 saturated heterocycles. The van der Waals surface area contributed by atoms with Crippen LogP contribution in [-0.2, 0) is 16.1 Å². The molecule has 23 heavy (non-hydrogen) atoms. The molecule has 4 rings (SSSR count). The molecule has 1 aliphatic carbocycles. The number of likely N-dealkylation sites (tertiary alicyclic amines) is 1. The zero-order valence-corrected chi connectivity index (χ0v) is 13.7. The highest BCUT2D eigenvalue weighted by Crippen LogP contribution is 2.35. The number of fused-ring (bicyclic) bond motifs is 1. The zero-order chi connectivity index (χ0) is 15.8. The molecule has 3 heterocycles. The van der Waals surface area contributed by atoms with E-state index in [0.717, 1.165) is 50.7 Å². The largest absolute Gasteiger partial charge is 0.377 e. The first-order chi connectivity index (χ1) is 11.2. The minimum absolute atomic E-state index is 0.0306. The summed E-state index contributed by atoms with van der Waals surface area (Å²) in [5.41, 5.74) is 0.927. The summed E-state index contributed by atoms with van der Waals surface area (Å²) in [6.45, 7) is 5.90. The Morgan fingerprint density at radius 1 is 1.39 bits per heavy atom. The van der Waals surface area contributed by atoms with E-state index in [4.69, 9.17) is 9.26 Å². The average Bonchev–Trinajstić information content (AvgIpc) is 3.10. The van der Waals surface area contributed by atoms with E-state index in [0.29, 0.717) is 11.8 Å². The number of hydrogen-bond donors (Lipinski definition) is 1. The molecule has 126 valence electrons. The summed E-state index contributed by atoms with van der Waals surface area (Å²) in [4.78, 5) is 14.9. The maximum atomic E-state index is 12.6. The van der Waals surface area contributed by atoms with Crippen LogP contribution in [0.1, 0.15) is 30.7 Å². The van der Waals surface area contributed by atoms with E-state index in [1.807, 2.05) is 13.0 Å². The van der Waals surface area contributed by atoms with Gasteiger partial charge < -0.3 is 14.6 Å². The number of aryl methyl sites for hydroxylation is 1. The first-order valence-electron chi connectivity index (χ1n) is 8.73. The van der Waals surface area contributed by atoms with Crippen molar-refractivity contribution in [3.05, 3.63) is 17.5 Å². The van der Waals surface area contributed by atoms with Crippen LogP contribution in [0.15, 0.2) is 10.6 Å². The maximum Gasteiger partial charge on any atom is 0.224 e. The Bertz CT molecular complexity index is 569. The van der Waals surface area contributed by atoms with Crippen molar-refractivity contribution in [2.45, 2.75) is 38.8 Å². The highest BCUT2D eigenvalue weighted by molar-refractivity contribution is 5.79. The molecule has 6 heteroatoms. The topological polar surface area (TPSA) is 67.6 Å². The predicted octanol–water partition coefficient (Wildman–Crippen LogP) is 1.35. The third-order valence-corrected chi connectivity index (χ3v) is 5.33. The Balaban J connectivity index is 1.41. The molecule has 3 atom stereocenters. The van der Waals surface area contributed by atoms with Crippen LogP contribution in [0.4, 0.5) is 0 Å². The van der Waals surface area contributed by atoms with Crippen molar-refractivity contribution in [1.82, 2.24) is 15.4 Å². The first-order valence-corrected chi connectivity index (χ1v) is 8.73. The summed E-state index contributed by atoms with van der Waals surface area (Å²) in [5.74, 6) is 2.14. The molecule has 1 saturated carbocycles. The molecule has 0 unspecified atom stereocenters. The molecule has 0 aromatic carbocycles. The summed E-state index contributed by atoms with van der Waals surface area (Å²) < 4.78 is 11.0. The summed E-state index contributed by atoms with van der Waals surface area (Å²) >= 11 is 0. The lowest BCUT2D eigenvalue weighted by Gasteiger charge is -2.39. The van der Waals surface area contributed by atoms with Gasteiger partial charge in [0.05, 0.1) is 17.7 Å². The molecule has 1 amide bonds. The maximum absolute atomic E-state index is 12.6. The van der Waals surface area contributed by atoms with Crippen LogP contribution in [0, 0.1) is 24.7 Å². The molecule has 6 nitrogen and oxygen atoms in total. The summed E-state index contributed by atoms with van der Waals surface area (Å²) in [6, 6.07) is 1.96. The monoisotopic (exact) mass is 319 g/mol. The van der Waals surface area contributed by atoms with E-state index < -0.39 is 0 Å². The number of nitrogens with zero attached hydrogens (tertiary/aromatic N) is 2. The van der Waals surface area contributed by atoms with Gasteiger partial charge in [0.15, 0.2) is 0 Å². The minimum Gasteiger partial charge on any atom is -0.377 e. The second kappa shape index (κ2) is 6.24. The van der Waals surface area contributed by atoms with Gasteiger partial charge in [-0.1, -0.05) is 5.16 Å². The molecule has 3 fully saturated rings. The van der Waals surface area contributed by atoms with Crippen molar-refractivity contribution in [3.8, 4) is 0 Å². The van der Waals surface area contributed by atoms with Gasteiger partial charge in [-0.25, -0.2) is 0 Å². The number of carbonyl (C=O) groups is 1.